The Morgan fingerprint density at radius 2 is 0.806 bits per heavy atom. The van der Waals surface area contributed by atoms with Crippen LogP contribution in [0.25, 0.3) is 0 Å². The molecule has 0 aromatic carbocycles. The van der Waals surface area contributed by atoms with Crippen LogP contribution in [-0.4, -0.2) is 91.2 Å². The van der Waals surface area contributed by atoms with Crippen LogP contribution in [0.4, 0.5) is 0 Å². The molecule has 1 atom stereocenters. The number of carboxylic acid groups (broad SMARTS) is 4. The molecule has 0 saturated carbocycles. The second kappa shape index (κ2) is 11.8. The van der Waals surface area contributed by atoms with Gasteiger partial charge in [0, 0.05) is 35.1 Å². The number of carbonyl (C=O) groups is 4. The first-order chi connectivity index (χ1) is 14.4. The zero-order valence-electron chi connectivity index (χ0n) is 16.2. The Hall–Kier alpha value is -3.32. The summed E-state index contributed by atoms with van der Waals surface area (Å²) in [5.74, 6) is -6.31. The highest BCUT2D eigenvalue weighted by molar-refractivity contribution is 5.83. The van der Waals surface area contributed by atoms with E-state index in [4.69, 9.17) is 20.4 Å². The highest BCUT2D eigenvalue weighted by Crippen LogP contribution is 2.55. The van der Waals surface area contributed by atoms with E-state index in [1.54, 1.807) is 0 Å². The molecule has 0 aliphatic heterocycles. The highest BCUT2D eigenvalue weighted by atomic mass is 16.4. The van der Waals surface area contributed by atoms with Crippen molar-refractivity contribution in [2.45, 2.75) is 0 Å². The average Bonchev–Trinajstić information content (AvgIpc) is 2.71. The quantitative estimate of drug-likeness (QED) is 0.143. The fraction of sp³-hybridized carbons (Fsp3) is 0.368. The first-order valence-corrected chi connectivity index (χ1v) is 8.53. The molecule has 0 aromatic heterocycles. The monoisotopic (exact) mass is 444 g/mol. The average molecular weight is 444 g/mol. The third-order valence-corrected chi connectivity index (χ3v) is 4.89. The maximum Gasteiger partial charge on any atom is 0.328 e. The summed E-state index contributed by atoms with van der Waals surface area (Å²) in [5, 5.41) is 76.5. The first kappa shape index (κ1) is 27.7. The standard InChI is InChI=1S/C19H24O12/c20-9-18(10-21,11-22)19(12-23,8-4-16(30)31)17(5-1-13(24)25,6-2-14(26)27)7-3-15(28)29/h1-8,20-23H,9-12H2,(H,24,25)(H,26,27)(H,28,29)(H,30,31). The van der Waals surface area contributed by atoms with Crippen molar-refractivity contribution in [3.8, 4) is 0 Å². The summed E-state index contributed by atoms with van der Waals surface area (Å²) in [6.45, 7) is -4.50. The molecule has 0 radical (unpaired) electrons. The molecular weight excluding hydrogens is 420 g/mol. The maximum absolute atomic E-state index is 11.2. The van der Waals surface area contributed by atoms with E-state index in [9.17, 15) is 39.6 Å². The van der Waals surface area contributed by atoms with Gasteiger partial charge in [-0.1, -0.05) is 24.3 Å². The van der Waals surface area contributed by atoms with Gasteiger partial charge in [-0.3, -0.25) is 0 Å². The molecule has 1 unspecified atom stereocenters. The number of aliphatic hydroxyl groups is 4. The topological polar surface area (TPSA) is 230 Å². The largest absolute Gasteiger partial charge is 0.478 e. The predicted octanol–water partition coefficient (Wildman–Crippen LogP) is -1.52. The zero-order valence-corrected chi connectivity index (χ0v) is 16.2. The number of aliphatic carboxylic acids is 4. The van der Waals surface area contributed by atoms with Crippen molar-refractivity contribution in [2.24, 2.45) is 16.2 Å². The van der Waals surface area contributed by atoms with Crippen LogP contribution in [-0.2, 0) is 19.2 Å². The van der Waals surface area contributed by atoms with E-state index >= 15 is 0 Å². The normalized spacial score (nSPS) is 16.6. The molecule has 172 valence electrons. The smallest absolute Gasteiger partial charge is 0.328 e. The Morgan fingerprint density at radius 3 is 1.03 bits per heavy atom. The Bertz CT molecular complexity index is 720. The van der Waals surface area contributed by atoms with Gasteiger partial charge in [0.1, 0.15) is 0 Å². The fourth-order valence-corrected chi connectivity index (χ4v) is 3.16. The Labute approximate surface area is 176 Å². The number of allylic oxidation sites excluding steroid dienone is 3. The second-order valence-corrected chi connectivity index (χ2v) is 6.50. The SMILES string of the molecule is O=C(O)C=CC(C=CC(=O)O)(C=CC(=O)O)C(C=CC(=O)O)(CO)C(CO)(CO)CO. The van der Waals surface area contributed by atoms with Gasteiger partial charge in [0.05, 0.1) is 31.8 Å². The van der Waals surface area contributed by atoms with Crippen molar-refractivity contribution in [2.75, 3.05) is 26.4 Å². The van der Waals surface area contributed by atoms with E-state index in [-0.39, 0.29) is 0 Å². The summed E-state index contributed by atoms with van der Waals surface area (Å²) < 4.78 is 0. The summed E-state index contributed by atoms with van der Waals surface area (Å²) in [5.41, 5.74) is -6.82. The van der Waals surface area contributed by atoms with Crippen LogP contribution in [0.5, 0.6) is 0 Å². The lowest BCUT2D eigenvalue weighted by Gasteiger charge is -2.54. The second-order valence-electron chi connectivity index (χ2n) is 6.50. The number of rotatable bonds is 14. The summed E-state index contributed by atoms with van der Waals surface area (Å²) in [6, 6.07) is 0. The predicted molar refractivity (Wildman–Crippen MR) is 103 cm³/mol. The van der Waals surface area contributed by atoms with Crippen LogP contribution in [0, 0.1) is 16.2 Å². The van der Waals surface area contributed by atoms with Crippen molar-refractivity contribution in [1.82, 2.24) is 0 Å². The highest BCUT2D eigenvalue weighted by Gasteiger charge is 2.58. The van der Waals surface area contributed by atoms with E-state index < -0.39 is 66.5 Å². The lowest BCUT2D eigenvalue weighted by atomic mass is 9.50. The van der Waals surface area contributed by atoms with Gasteiger partial charge in [-0.05, 0) is 0 Å². The molecular formula is C19H24O12. The van der Waals surface area contributed by atoms with Crippen molar-refractivity contribution in [1.29, 1.82) is 0 Å². The van der Waals surface area contributed by atoms with Gasteiger partial charge in [0.15, 0.2) is 0 Å². The summed E-state index contributed by atoms with van der Waals surface area (Å²) in [7, 11) is 0. The van der Waals surface area contributed by atoms with Gasteiger partial charge in [-0.2, -0.15) is 0 Å². The minimum Gasteiger partial charge on any atom is -0.478 e. The van der Waals surface area contributed by atoms with E-state index in [1.807, 2.05) is 0 Å². The first-order valence-electron chi connectivity index (χ1n) is 8.53. The number of carboxylic acids is 4. The summed E-state index contributed by atoms with van der Waals surface area (Å²) >= 11 is 0. The van der Waals surface area contributed by atoms with Crippen LogP contribution >= 0.6 is 0 Å². The van der Waals surface area contributed by atoms with Gasteiger partial charge < -0.3 is 40.9 Å². The molecule has 0 fully saturated rings. The van der Waals surface area contributed by atoms with Crippen LogP contribution in [0.3, 0.4) is 0 Å². The van der Waals surface area contributed by atoms with Gasteiger partial charge in [-0.25, -0.2) is 19.2 Å². The lowest BCUT2D eigenvalue weighted by molar-refractivity contribution is -0.134. The van der Waals surface area contributed by atoms with Crippen molar-refractivity contribution in [3.63, 3.8) is 0 Å². The third-order valence-electron chi connectivity index (χ3n) is 4.89. The molecule has 0 aliphatic carbocycles. The molecule has 31 heavy (non-hydrogen) atoms. The fourth-order valence-electron chi connectivity index (χ4n) is 3.16. The van der Waals surface area contributed by atoms with Crippen molar-refractivity contribution in [3.05, 3.63) is 48.6 Å². The molecule has 0 rings (SSSR count). The third kappa shape index (κ3) is 6.33. The number of aliphatic hydroxyl groups excluding tert-OH is 4. The molecule has 0 aromatic rings. The van der Waals surface area contributed by atoms with Gasteiger partial charge >= 0.3 is 23.9 Å². The van der Waals surface area contributed by atoms with Crippen LogP contribution in [0.1, 0.15) is 0 Å². The number of hydrogen-bond donors (Lipinski definition) is 8. The van der Waals surface area contributed by atoms with Crippen LogP contribution < -0.4 is 0 Å². The molecule has 0 aliphatic rings. The van der Waals surface area contributed by atoms with Gasteiger partial charge in [0.2, 0.25) is 0 Å². The van der Waals surface area contributed by atoms with E-state index in [1.165, 1.54) is 0 Å². The van der Waals surface area contributed by atoms with Crippen molar-refractivity contribution < 1.29 is 60.0 Å². The van der Waals surface area contributed by atoms with Crippen molar-refractivity contribution >= 4 is 23.9 Å². The molecule has 0 saturated heterocycles. The Balaban J connectivity index is 7.78. The Kier molecular flexibility index (Phi) is 10.5. The molecule has 12 heteroatoms. The molecule has 8 N–H and O–H groups in total. The summed E-state index contributed by atoms with van der Waals surface area (Å²) in [6.07, 6.45) is 4.81. The van der Waals surface area contributed by atoms with E-state index in [2.05, 4.69) is 0 Å². The van der Waals surface area contributed by atoms with Crippen LogP contribution in [0.15, 0.2) is 48.6 Å². The lowest BCUT2D eigenvalue weighted by Crippen LogP contribution is -2.59. The summed E-state index contributed by atoms with van der Waals surface area (Å²) in [4.78, 5) is 44.7. The Morgan fingerprint density at radius 1 is 0.516 bits per heavy atom. The molecule has 0 bridgehead atoms. The molecule has 12 nitrogen and oxygen atoms in total. The van der Waals surface area contributed by atoms with E-state index in [0.29, 0.717) is 24.3 Å². The molecule has 0 amide bonds. The number of hydrogen-bond acceptors (Lipinski definition) is 8. The minimum atomic E-state index is -2.35. The molecule has 0 spiro atoms. The van der Waals surface area contributed by atoms with Gasteiger partial charge in [-0.15, -0.1) is 0 Å². The van der Waals surface area contributed by atoms with Crippen LogP contribution in [0.2, 0.25) is 0 Å². The maximum atomic E-state index is 11.2. The van der Waals surface area contributed by atoms with E-state index in [0.717, 1.165) is 24.3 Å². The van der Waals surface area contributed by atoms with Gasteiger partial charge in [0.25, 0.3) is 0 Å². The minimum absolute atomic E-state index is 0.457. The molecule has 0 heterocycles. The zero-order chi connectivity index (χ0) is 24.3.